The molecule has 3 heterocycles. The van der Waals surface area contributed by atoms with Crippen molar-refractivity contribution >= 4 is 34.7 Å². The Morgan fingerprint density at radius 2 is 2.15 bits per heavy atom. The highest BCUT2D eigenvalue weighted by Gasteiger charge is 2.30. The number of halogens is 1. The molecule has 3 rings (SSSR count). The van der Waals surface area contributed by atoms with Crippen molar-refractivity contribution < 1.29 is 14.3 Å². The maximum absolute atomic E-state index is 13.1. The van der Waals surface area contributed by atoms with Crippen LogP contribution in [-0.2, 0) is 22.6 Å². The van der Waals surface area contributed by atoms with Crippen LogP contribution in [0.25, 0.3) is 11.3 Å². The average molecular weight is 503 g/mol. The summed E-state index contributed by atoms with van der Waals surface area (Å²) in [5.41, 5.74) is 0.0219. The zero-order valence-corrected chi connectivity index (χ0v) is 20.7. The lowest BCUT2D eigenvalue weighted by atomic mass is 9.86. The van der Waals surface area contributed by atoms with E-state index in [1.807, 2.05) is 26.0 Å². The quantitative estimate of drug-likeness (QED) is 0.220. The van der Waals surface area contributed by atoms with Crippen LogP contribution in [0.15, 0.2) is 54.0 Å². The number of rotatable bonds is 12. The van der Waals surface area contributed by atoms with Gasteiger partial charge in [0.25, 0.3) is 5.56 Å². The SMILES string of the molecule is C=CCOC(=O)CCn1cccc(-c2cc(C(=O)C(C)(C)CNCc3ccc(Cl)s3)[nH]n2)c1=O. The Balaban J connectivity index is 1.66. The Morgan fingerprint density at radius 1 is 1.35 bits per heavy atom. The lowest BCUT2D eigenvalue weighted by molar-refractivity contribution is -0.142. The number of ether oxygens (including phenoxy) is 1. The molecule has 0 aliphatic rings. The molecule has 0 saturated carbocycles. The van der Waals surface area contributed by atoms with E-state index in [4.69, 9.17) is 16.3 Å². The molecule has 0 aliphatic carbocycles. The van der Waals surface area contributed by atoms with Crippen molar-refractivity contribution in [2.24, 2.45) is 5.41 Å². The summed E-state index contributed by atoms with van der Waals surface area (Å²) < 4.78 is 7.09. The van der Waals surface area contributed by atoms with Crippen molar-refractivity contribution in [2.75, 3.05) is 13.2 Å². The minimum Gasteiger partial charge on any atom is -0.461 e. The van der Waals surface area contributed by atoms with Gasteiger partial charge in [-0.15, -0.1) is 11.3 Å². The maximum Gasteiger partial charge on any atom is 0.307 e. The monoisotopic (exact) mass is 502 g/mol. The smallest absolute Gasteiger partial charge is 0.307 e. The van der Waals surface area contributed by atoms with Crippen molar-refractivity contribution in [3.63, 3.8) is 0 Å². The number of thiophene rings is 1. The molecular formula is C24H27ClN4O4S. The van der Waals surface area contributed by atoms with Crippen LogP contribution < -0.4 is 10.9 Å². The third kappa shape index (κ3) is 6.53. The molecule has 0 radical (unpaired) electrons. The summed E-state index contributed by atoms with van der Waals surface area (Å²) in [5, 5.41) is 10.3. The molecule has 34 heavy (non-hydrogen) atoms. The molecule has 0 atom stereocenters. The first-order valence-corrected chi connectivity index (χ1v) is 11.9. The topological polar surface area (TPSA) is 106 Å². The van der Waals surface area contributed by atoms with E-state index in [-0.39, 0.29) is 30.9 Å². The number of nitrogens with one attached hydrogen (secondary N) is 2. The highest BCUT2D eigenvalue weighted by molar-refractivity contribution is 7.16. The molecule has 180 valence electrons. The van der Waals surface area contributed by atoms with Crippen LogP contribution in [0.5, 0.6) is 0 Å². The van der Waals surface area contributed by atoms with Gasteiger partial charge in [0.1, 0.15) is 12.3 Å². The minimum absolute atomic E-state index is 0.0559. The largest absolute Gasteiger partial charge is 0.461 e. The summed E-state index contributed by atoms with van der Waals surface area (Å²) in [6.07, 6.45) is 3.14. The number of carbonyl (C=O) groups excluding carboxylic acids is 2. The fourth-order valence-electron chi connectivity index (χ4n) is 3.31. The summed E-state index contributed by atoms with van der Waals surface area (Å²) in [7, 11) is 0. The molecule has 0 amide bonds. The van der Waals surface area contributed by atoms with Gasteiger partial charge in [0.2, 0.25) is 0 Å². The van der Waals surface area contributed by atoms with Crippen molar-refractivity contribution in [3.8, 4) is 11.3 Å². The van der Waals surface area contributed by atoms with E-state index in [0.717, 1.165) is 9.21 Å². The summed E-state index contributed by atoms with van der Waals surface area (Å²) in [5.74, 6) is -0.535. The maximum atomic E-state index is 13.1. The Labute approximate surface area is 206 Å². The van der Waals surface area contributed by atoms with E-state index in [1.54, 1.807) is 24.4 Å². The number of hydrogen-bond donors (Lipinski definition) is 2. The first-order valence-electron chi connectivity index (χ1n) is 10.7. The van der Waals surface area contributed by atoms with Crippen LogP contribution in [0.4, 0.5) is 0 Å². The van der Waals surface area contributed by atoms with E-state index in [0.29, 0.717) is 30.0 Å². The fraction of sp³-hybridized carbons (Fsp3) is 0.333. The minimum atomic E-state index is -0.701. The zero-order valence-electron chi connectivity index (χ0n) is 19.1. The van der Waals surface area contributed by atoms with Crippen LogP contribution in [0, 0.1) is 5.41 Å². The third-order valence-electron chi connectivity index (χ3n) is 5.15. The number of nitrogens with zero attached hydrogens (tertiary/aromatic N) is 2. The molecular weight excluding hydrogens is 476 g/mol. The Bertz CT molecular complexity index is 1230. The normalized spacial score (nSPS) is 11.4. The number of aryl methyl sites for hydroxylation is 1. The molecule has 3 aromatic heterocycles. The highest BCUT2D eigenvalue weighted by Crippen LogP contribution is 2.24. The molecule has 3 aromatic rings. The molecule has 0 aliphatic heterocycles. The molecule has 0 saturated heterocycles. The first-order chi connectivity index (χ1) is 16.2. The van der Waals surface area contributed by atoms with Crippen LogP contribution in [0.2, 0.25) is 4.34 Å². The van der Waals surface area contributed by atoms with Gasteiger partial charge >= 0.3 is 5.97 Å². The van der Waals surface area contributed by atoms with Crippen LogP contribution in [0.3, 0.4) is 0 Å². The molecule has 0 aromatic carbocycles. The van der Waals surface area contributed by atoms with Gasteiger partial charge in [-0.1, -0.05) is 38.1 Å². The van der Waals surface area contributed by atoms with E-state index in [1.165, 1.54) is 22.0 Å². The second kappa shape index (κ2) is 11.4. The van der Waals surface area contributed by atoms with Crippen molar-refractivity contribution in [1.29, 1.82) is 0 Å². The molecule has 0 spiro atoms. The predicted molar refractivity (Wildman–Crippen MR) is 133 cm³/mol. The van der Waals surface area contributed by atoms with Crippen LogP contribution in [0.1, 0.15) is 35.6 Å². The van der Waals surface area contributed by atoms with Crippen molar-refractivity contribution in [2.45, 2.75) is 33.4 Å². The second-order valence-electron chi connectivity index (χ2n) is 8.33. The van der Waals surface area contributed by atoms with E-state index in [9.17, 15) is 14.4 Å². The lowest BCUT2D eigenvalue weighted by Crippen LogP contribution is -2.36. The van der Waals surface area contributed by atoms with Gasteiger partial charge in [0, 0.05) is 36.1 Å². The van der Waals surface area contributed by atoms with E-state index < -0.39 is 11.4 Å². The Kier molecular flexibility index (Phi) is 8.60. The number of aromatic nitrogens is 3. The Morgan fingerprint density at radius 3 is 2.85 bits per heavy atom. The molecule has 2 N–H and O–H groups in total. The predicted octanol–water partition coefficient (Wildman–Crippen LogP) is 4.07. The van der Waals surface area contributed by atoms with E-state index in [2.05, 4.69) is 22.1 Å². The zero-order chi connectivity index (χ0) is 24.7. The standard InChI is InChI=1S/C24H27ClN4O4S/c1-4-12-33-21(30)9-11-29-10-5-6-17(23(29)32)18-13-19(28-27-18)22(31)24(2,3)15-26-14-16-7-8-20(25)34-16/h4-8,10,13,26H,1,9,11-12,14-15H2,2-3H3,(H,27,28). The Hall–Kier alpha value is -3.01. The first kappa shape index (κ1) is 25.6. The average Bonchev–Trinajstić information content (AvgIpc) is 3.45. The molecule has 0 fully saturated rings. The summed E-state index contributed by atoms with van der Waals surface area (Å²) in [6.45, 7) is 8.58. The number of esters is 1. The summed E-state index contributed by atoms with van der Waals surface area (Å²) in [4.78, 5) is 38.8. The van der Waals surface area contributed by atoms with Gasteiger partial charge < -0.3 is 14.6 Å². The number of H-pyrrole nitrogens is 1. The van der Waals surface area contributed by atoms with E-state index >= 15 is 0 Å². The van der Waals surface area contributed by atoms with Gasteiger partial charge in [-0.25, -0.2) is 0 Å². The molecule has 0 unspecified atom stereocenters. The van der Waals surface area contributed by atoms with Crippen molar-refractivity contribution in [1.82, 2.24) is 20.1 Å². The van der Waals surface area contributed by atoms with Gasteiger partial charge in [-0.05, 0) is 30.3 Å². The second-order valence-corrected chi connectivity index (χ2v) is 10.1. The number of aromatic amines is 1. The van der Waals surface area contributed by atoms with Gasteiger partial charge in [0.15, 0.2) is 5.78 Å². The number of Topliss-reactive ketones (excluding diaryl/α,β-unsaturated/α-hetero) is 1. The number of ketones is 1. The summed E-state index contributed by atoms with van der Waals surface area (Å²) >= 11 is 7.46. The molecule has 0 bridgehead atoms. The van der Waals surface area contributed by atoms with Crippen LogP contribution in [-0.4, -0.2) is 39.7 Å². The number of carbonyl (C=O) groups is 2. The van der Waals surface area contributed by atoms with Gasteiger partial charge in [-0.3, -0.25) is 19.5 Å². The summed E-state index contributed by atoms with van der Waals surface area (Å²) in [6, 6.07) is 8.72. The van der Waals surface area contributed by atoms with Gasteiger partial charge in [-0.2, -0.15) is 5.10 Å². The number of pyridine rings is 1. The van der Waals surface area contributed by atoms with Gasteiger partial charge in [0.05, 0.1) is 22.0 Å². The molecule has 8 nitrogen and oxygen atoms in total. The highest BCUT2D eigenvalue weighted by atomic mass is 35.5. The number of hydrogen-bond acceptors (Lipinski definition) is 7. The third-order valence-corrected chi connectivity index (χ3v) is 6.38. The lowest BCUT2D eigenvalue weighted by Gasteiger charge is -2.22. The fourth-order valence-corrected chi connectivity index (χ4v) is 4.37. The van der Waals surface area contributed by atoms with Crippen molar-refractivity contribution in [3.05, 3.63) is 74.4 Å². The molecule has 10 heteroatoms. The van der Waals surface area contributed by atoms with Crippen LogP contribution >= 0.6 is 22.9 Å².